The van der Waals surface area contributed by atoms with Crippen molar-refractivity contribution in [2.45, 2.75) is 24.7 Å². The van der Waals surface area contributed by atoms with Crippen LogP contribution in [0, 0.1) is 0 Å². The van der Waals surface area contributed by atoms with E-state index in [1.165, 1.54) is 18.2 Å². The van der Waals surface area contributed by atoms with E-state index >= 15 is 0 Å². The molecule has 0 saturated carbocycles. The molecule has 7 heteroatoms. The number of amides is 1. The van der Waals surface area contributed by atoms with Crippen molar-refractivity contribution in [2.75, 3.05) is 11.1 Å². The van der Waals surface area contributed by atoms with Gasteiger partial charge in [0.25, 0.3) is 5.91 Å². The van der Waals surface area contributed by atoms with Gasteiger partial charge < -0.3 is 19.9 Å². The van der Waals surface area contributed by atoms with Crippen molar-refractivity contribution in [3.8, 4) is 11.5 Å². The molecule has 3 aromatic rings. The number of hydrogen-bond donors (Lipinski definition) is 3. The summed E-state index contributed by atoms with van der Waals surface area (Å²) in [5, 5.41) is 22.5. The summed E-state index contributed by atoms with van der Waals surface area (Å²) in [6, 6.07) is 11.1. The lowest BCUT2D eigenvalue weighted by Crippen LogP contribution is -2.18. The van der Waals surface area contributed by atoms with Crippen LogP contribution in [0.15, 0.2) is 56.6 Å². The van der Waals surface area contributed by atoms with E-state index in [9.17, 15) is 19.8 Å². The second kappa shape index (κ2) is 8.18. The summed E-state index contributed by atoms with van der Waals surface area (Å²) in [6.07, 6.45) is 2.19. The SMILES string of the molecule is CCCCSc1cccc(C(=O)Nc2c(O)c3ccc(O)cc3oc2=O)c1. The quantitative estimate of drug-likeness (QED) is 0.331. The van der Waals surface area contributed by atoms with Crippen LogP contribution in [0.1, 0.15) is 30.1 Å². The number of aromatic hydroxyl groups is 2. The van der Waals surface area contributed by atoms with E-state index in [2.05, 4.69) is 12.2 Å². The number of thioether (sulfide) groups is 1. The molecule has 0 aliphatic heterocycles. The molecule has 0 spiro atoms. The van der Waals surface area contributed by atoms with Gasteiger partial charge in [-0.15, -0.1) is 11.8 Å². The Hall–Kier alpha value is -2.93. The highest BCUT2D eigenvalue weighted by molar-refractivity contribution is 7.99. The minimum atomic E-state index is -0.896. The van der Waals surface area contributed by atoms with Gasteiger partial charge in [-0.3, -0.25) is 4.79 Å². The second-order valence-corrected chi connectivity index (χ2v) is 7.15. The molecule has 1 aromatic heterocycles. The highest BCUT2D eigenvalue weighted by Crippen LogP contribution is 2.32. The summed E-state index contributed by atoms with van der Waals surface area (Å²) < 4.78 is 5.09. The molecule has 6 nitrogen and oxygen atoms in total. The van der Waals surface area contributed by atoms with Crippen LogP contribution in [-0.2, 0) is 0 Å². The summed E-state index contributed by atoms with van der Waals surface area (Å²) in [5.74, 6) is -0.0558. The molecule has 0 bridgehead atoms. The average molecular weight is 385 g/mol. The molecular weight excluding hydrogens is 366 g/mol. The summed E-state index contributed by atoms with van der Waals surface area (Å²) in [6.45, 7) is 2.12. The normalized spacial score (nSPS) is 10.9. The maximum absolute atomic E-state index is 12.5. The fourth-order valence-electron chi connectivity index (χ4n) is 2.53. The molecule has 0 fully saturated rings. The lowest BCUT2D eigenvalue weighted by atomic mass is 10.2. The fourth-order valence-corrected chi connectivity index (χ4v) is 3.58. The monoisotopic (exact) mass is 385 g/mol. The zero-order chi connectivity index (χ0) is 19.4. The molecule has 0 unspecified atom stereocenters. The molecule has 1 amide bonds. The van der Waals surface area contributed by atoms with Crippen molar-refractivity contribution in [3.63, 3.8) is 0 Å². The minimum absolute atomic E-state index is 0.0322. The number of rotatable bonds is 6. The maximum Gasteiger partial charge on any atom is 0.364 e. The van der Waals surface area contributed by atoms with Gasteiger partial charge in [0, 0.05) is 16.5 Å². The van der Waals surface area contributed by atoms with Gasteiger partial charge in [-0.1, -0.05) is 19.4 Å². The van der Waals surface area contributed by atoms with Gasteiger partial charge >= 0.3 is 5.63 Å². The van der Waals surface area contributed by atoms with Crippen molar-refractivity contribution in [2.24, 2.45) is 0 Å². The summed E-state index contributed by atoms with van der Waals surface area (Å²) >= 11 is 1.66. The molecule has 0 radical (unpaired) electrons. The second-order valence-electron chi connectivity index (χ2n) is 5.98. The maximum atomic E-state index is 12.5. The van der Waals surface area contributed by atoms with E-state index in [-0.39, 0.29) is 22.4 Å². The Kier molecular flexibility index (Phi) is 5.71. The first-order valence-corrected chi connectivity index (χ1v) is 9.51. The number of phenols is 1. The largest absolute Gasteiger partial charge is 0.508 e. The first-order chi connectivity index (χ1) is 13.0. The van der Waals surface area contributed by atoms with E-state index in [1.807, 2.05) is 6.07 Å². The molecule has 27 heavy (non-hydrogen) atoms. The molecule has 1 heterocycles. The van der Waals surface area contributed by atoms with Gasteiger partial charge in [0.05, 0.1) is 5.39 Å². The third-order valence-electron chi connectivity index (χ3n) is 3.97. The van der Waals surface area contributed by atoms with E-state index in [0.717, 1.165) is 23.5 Å². The standard InChI is InChI=1S/C20H19NO5S/c1-2-3-9-27-14-6-4-5-12(10-14)19(24)21-17-18(23)15-8-7-13(22)11-16(15)26-20(17)25/h4-8,10-11,22-23H,2-3,9H2,1H3,(H,21,24). The van der Waals surface area contributed by atoms with E-state index in [4.69, 9.17) is 4.42 Å². The predicted octanol–water partition coefficient (Wildman–Crippen LogP) is 4.35. The Morgan fingerprint density at radius 3 is 2.78 bits per heavy atom. The summed E-state index contributed by atoms with van der Waals surface area (Å²) in [7, 11) is 0. The van der Waals surface area contributed by atoms with E-state index in [1.54, 1.807) is 30.0 Å². The Morgan fingerprint density at radius 2 is 2.00 bits per heavy atom. The Bertz CT molecular complexity index is 1040. The van der Waals surface area contributed by atoms with Gasteiger partial charge in [-0.25, -0.2) is 4.79 Å². The number of nitrogens with one attached hydrogen (secondary N) is 1. The van der Waals surface area contributed by atoms with Crippen molar-refractivity contribution in [1.29, 1.82) is 0 Å². The number of hydrogen-bond acceptors (Lipinski definition) is 6. The zero-order valence-electron chi connectivity index (χ0n) is 14.7. The molecule has 0 saturated heterocycles. The van der Waals surface area contributed by atoms with Gasteiger partial charge in [0.15, 0.2) is 11.4 Å². The number of carbonyl (C=O) groups is 1. The van der Waals surface area contributed by atoms with Crippen LogP contribution in [0.2, 0.25) is 0 Å². The van der Waals surface area contributed by atoms with Crippen molar-refractivity contribution in [3.05, 3.63) is 58.4 Å². The lowest BCUT2D eigenvalue weighted by Gasteiger charge is -2.09. The van der Waals surface area contributed by atoms with Gasteiger partial charge in [0.2, 0.25) is 0 Å². The highest BCUT2D eigenvalue weighted by atomic mass is 32.2. The van der Waals surface area contributed by atoms with Gasteiger partial charge in [-0.05, 0) is 42.5 Å². The molecule has 3 rings (SSSR count). The Labute approximate surface area is 159 Å². The lowest BCUT2D eigenvalue weighted by molar-refractivity contribution is 0.102. The Morgan fingerprint density at radius 1 is 1.19 bits per heavy atom. The van der Waals surface area contributed by atoms with Gasteiger partial charge in [-0.2, -0.15) is 0 Å². The predicted molar refractivity (Wildman–Crippen MR) is 106 cm³/mol. The topological polar surface area (TPSA) is 99.8 Å². The van der Waals surface area contributed by atoms with Crippen molar-refractivity contribution < 1.29 is 19.4 Å². The number of benzene rings is 2. The number of fused-ring (bicyclic) bond motifs is 1. The third-order valence-corrected chi connectivity index (χ3v) is 5.05. The third kappa shape index (κ3) is 4.25. The first kappa shape index (κ1) is 18.8. The van der Waals surface area contributed by atoms with E-state index < -0.39 is 17.3 Å². The summed E-state index contributed by atoms with van der Waals surface area (Å²) in [4.78, 5) is 25.6. The average Bonchev–Trinajstić information content (AvgIpc) is 2.65. The van der Waals surface area contributed by atoms with Crippen molar-refractivity contribution in [1.82, 2.24) is 0 Å². The number of anilines is 1. The highest BCUT2D eigenvalue weighted by Gasteiger charge is 2.18. The molecule has 140 valence electrons. The summed E-state index contributed by atoms with van der Waals surface area (Å²) in [5.41, 5.74) is -0.819. The van der Waals surface area contributed by atoms with Crippen LogP contribution >= 0.6 is 11.8 Å². The smallest absolute Gasteiger partial charge is 0.364 e. The molecule has 0 aliphatic rings. The molecule has 0 atom stereocenters. The number of phenolic OH excluding ortho intramolecular Hbond substituents is 1. The van der Waals surface area contributed by atoms with Crippen LogP contribution < -0.4 is 10.9 Å². The molecular formula is C20H19NO5S. The van der Waals surface area contributed by atoms with Crippen molar-refractivity contribution >= 4 is 34.3 Å². The first-order valence-electron chi connectivity index (χ1n) is 8.52. The van der Waals surface area contributed by atoms with Crippen LogP contribution in [0.4, 0.5) is 5.69 Å². The minimum Gasteiger partial charge on any atom is -0.508 e. The fraction of sp³-hybridized carbons (Fsp3) is 0.200. The number of carbonyl (C=O) groups excluding carboxylic acids is 1. The number of unbranched alkanes of at least 4 members (excludes halogenated alkanes) is 1. The zero-order valence-corrected chi connectivity index (χ0v) is 15.5. The van der Waals surface area contributed by atoms with Crippen LogP contribution in [0.3, 0.4) is 0 Å². The van der Waals surface area contributed by atoms with Gasteiger partial charge in [0.1, 0.15) is 11.3 Å². The van der Waals surface area contributed by atoms with Crippen LogP contribution in [-0.4, -0.2) is 21.9 Å². The van der Waals surface area contributed by atoms with Crippen LogP contribution in [0.25, 0.3) is 11.0 Å². The Balaban J connectivity index is 1.87. The van der Waals surface area contributed by atoms with Crippen LogP contribution in [0.5, 0.6) is 11.5 Å². The molecule has 2 aromatic carbocycles. The molecule has 0 aliphatic carbocycles. The molecule has 3 N–H and O–H groups in total. The van der Waals surface area contributed by atoms with E-state index in [0.29, 0.717) is 5.56 Å².